The summed E-state index contributed by atoms with van der Waals surface area (Å²) in [5.41, 5.74) is 1.19. The Labute approximate surface area is 86.6 Å². The second-order valence-electron chi connectivity index (χ2n) is 3.75. The number of nitrogens with zero attached hydrogens (tertiary/aromatic N) is 1. The number of aromatic nitrogens is 1. The second kappa shape index (κ2) is 3.31. The van der Waals surface area contributed by atoms with Gasteiger partial charge in [0.15, 0.2) is 5.82 Å². The number of halogens is 1. The molecular weight excluding hydrogens is 197 g/mol. The van der Waals surface area contributed by atoms with Crippen molar-refractivity contribution in [2.45, 2.75) is 26.7 Å². The molecule has 1 nitrogen and oxygen atoms in total. The van der Waals surface area contributed by atoms with Gasteiger partial charge in [0.05, 0.1) is 9.71 Å². The molecule has 0 saturated carbocycles. The van der Waals surface area contributed by atoms with Gasteiger partial charge < -0.3 is 0 Å². The van der Waals surface area contributed by atoms with Crippen LogP contribution in [0.1, 0.15) is 30.3 Å². The van der Waals surface area contributed by atoms with E-state index in [0.29, 0.717) is 17.0 Å². The Kier molecular flexibility index (Phi) is 2.27. The van der Waals surface area contributed by atoms with Crippen molar-refractivity contribution in [1.82, 2.24) is 4.98 Å². The van der Waals surface area contributed by atoms with Gasteiger partial charge in [-0.25, -0.2) is 9.37 Å². The van der Waals surface area contributed by atoms with Crippen molar-refractivity contribution < 1.29 is 4.39 Å². The van der Waals surface area contributed by atoms with Crippen LogP contribution >= 0.6 is 11.3 Å². The van der Waals surface area contributed by atoms with Gasteiger partial charge in [-0.15, -0.1) is 11.3 Å². The molecule has 0 spiro atoms. The summed E-state index contributed by atoms with van der Waals surface area (Å²) in [6.07, 6.45) is 0. The third-order valence-corrected chi connectivity index (χ3v) is 3.52. The lowest BCUT2D eigenvalue weighted by Crippen LogP contribution is -1.86. The lowest BCUT2D eigenvalue weighted by Gasteiger charge is -1.95. The number of aryl methyl sites for hydroxylation is 1. The highest BCUT2D eigenvalue weighted by Gasteiger charge is 2.11. The summed E-state index contributed by atoms with van der Waals surface area (Å²) in [6, 6.07) is 3.75. The fourth-order valence-electron chi connectivity index (χ4n) is 1.33. The van der Waals surface area contributed by atoms with Gasteiger partial charge in [-0.1, -0.05) is 19.9 Å². The highest BCUT2D eigenvalue weighted by atomic mass is 32.1. The highest BCUT2D eigenvalue weighted by Crippen LogP contribution is 2.29. The molecule has 1 aromatic carbocycles. The summed E-state index contributed by atoms with van der Waals surface area (Å²) in [7, 11) is 0. The first kappa shape index (κ1) is 9.59. The third kappa shape index (κ3) is 1.42. The van der Waals surface area contributed by atoms with Crippen LogP contribution < -0.4 is 0 Å². The van der Waals surface area contributed by atoms with E-state index in [1.54, 1.807) is 24.3 Å². The second-order valence-corrected chi connectivity index (χ2v) is 4.81. The minimum atomic E-state index is -0.175. The molecule has 0 aliphatic carbocycles. The van der Waals surface area contributed by atoms with Crippen LogP contribution in [0.4, 0.5) is 4.39 Å². The van der Waals surface area contributed by atoms with Crippen LogP contribution in [0, 0.1) is 12.7 Å². The Morgan fingerprint density at radius 1 is 1.36 bits per heavy atom. The molecular formula is C11H12FNS. The largest absolute Gasteiger partial charge is 0.238 e. The van der Waals surface area contributed by atoms with Crippen LogP contribution in [-0.2, 0) is 0 Å². The van der Waals surface area contributed by atoms with Crippen LogP contribution in [-0.4, -0.2) is 4.98 Å². The number of thiazole rings is 1. The van der Waals surface area contributed by atoms with E-state index in [-0.39, 0.29) is 5.82 Å². The summed E-state index contributed by atoms with van der Waals surface area (Å²) in [4.78, 5) is 4.32. The Balaban J connectivity index is 2.71. The first-order chi connectivity index (χ1) is 6.59. The summed E-state index contributed by atoms with van der Waals surface area (Å²) in [5, 5.41) is 1.00. The first-order valence-electron chi connectivity index (χ1n) is 4.65. The fraction of sp³-hybridized carbons (Fsp3) is 0.364. The van der Waals surface area contributed by atoms with E-state index in [1.165, 1.54) is 0 Å². The number of hydrogen-bond donors (Lipinski definition) is 0. The lowest BCUT2D eigenvalue weighted by atomic mass is 10.2. The van der Waals surface area contributed by atoms with Crippen molar-refractivity contribution in [3.05, 3.63) is 28.5 Å². The maximum absolute atomic E-state index is 13.6. The zero-order valence-corrected chi connectivity index (χ0v) is 9.28. The van der Waals surface area contributed by atoms with E-state index in [0.717, 1.165) is 9.71 Å². The van der Waals surface area contributed by atoms with Gasteiger partial charge in [-0.3, -0.25) is 0 Å². The van der Waals surface area contributed by atoms with E-state index < -0.39 is 0 Å². The number of fused-ring (bicyclic) bond motifs is 1. The molecule has 0 unspecified atom stereocenters. The van der Waals surface area contributed by atoms with Gasteiger partial charge in [0.1, 0.15) is 5.52 Å². The van der Waals surface area contributed by atoms with Crippen LogP contribution in [0.2, 0.25) is 0 Å². The van der Waals surface area contributed by atoms with E-state index in [9.17, 15) is 4.39 Å². The normalized spacial score (nSPS) is 11.5. The zero-order valence-electron chi connectivity index (χ0n) is 8.47. The number of hydrogen-bond acceptors (Lipinski definition) is 2. The van der Waals surface area contributed by atoms with Gasteiger partial charge in [0.25, 0.3) is 0 Å². The Bertz CT molecular complexity index is 473. The number of benzene rings is 1. The molecule has 0 aliphatic heterocycles. The van der Waals surface area contributed by atoms with Gasteiger partial charge >= 0.3 is 0 Å². The molecule has 0 atom stereocenters. The topological polar surface area (TPSA) is 12.9 Å². The summed E-state index contributed by atoms with van der Waals surface area (Å²) < 4.78 is 14.6. The molecule has 1 heterocycles. The molecule has 0 saturated heterocycles. The van der Waals surface area contributed by atoms with Crippen molar-refractivity contribution in [2.24, 2.45) is 0 Å². The SMILES string of the molecule is Cc1ccc2sc(C(C)C)nc2c1F. The molecule has 0 radical (unpaired) electrons. The predicted molar refractivity (Wildman–Crippen MR) is 58.4 cm³/mol. The average Bonchev–Trinajstić information content (AvgIpc) is 2.56. The standard InChI is InChI=1S/C11H12FNS/c1-6(2)11-13-10-8(14-11)5-4-7(3)9(10)12/h4-6H,1-3H3. The quantitative estimate of drug-likeness (QED) is 0.694. The summed E-state index contributed by atoms with van der Waals surface area (Å²) in [6.45, 7) is 5.91. The van der Waals surface area contributed by atoms with Crippen molar-refractivity contribution in [2.75, 3.05) is 0 Å². The smallest absolute Gasteiger partial charge is 0.153 e. The van der Waals surface area contributed by atoms with Gasteiger partial charge in [-0.2, -0.15) is 0 Å². The molecule has 0 amide bonds. The van der Waals surface area contributed by atoms with E-state index >= 15 is 0 Å². The van der Waals surface area contributed by atoms with Crippen molar-refractivity contribution in [3.8, 4) is 0 Å². The molecule has 1 aromatic heterocycles. The van der Waals surface area contributed by atoms with Crippen LogP contribution in [0.3, 0.4) is 0 Å². The predicted octanol–water partition coefficient (Wildman–Crippen LogP) is 3.87. The summed E-state index contributed by atoms with van der Waals surface area (Å²) in [5.74, 6) is 0.192. The maximum atomic E-state index is 13.6. The molecule has 0 bridgehead atoms. The molecule has 0 aliphatic rings. The molecule has 0 fully saturated rings. The Morgan fingerprint density at radius 3 is 2.71 bits per heavy atom. The third-order valence-electron chi connectivity index (χ3n) is 2.20. The first-order valence-corrected chi connectivity index (χ1v) is 5.46. The molecule has 2 rings (SSSR count). The molecule has 3 heteroatoms. The molecule has 74 valence electrons. The maximum Gasteiger partial charge on any atom is 0.153 e. The van der Waals surface area contributed by atoms with Crippen LogP contribution in [0.15, 0.2) is 12.1 Å². The van der Waals surface area contributed by atoms with E-state index in [1.807, 2.05) is 6.07 Å². The van der Waals surface area contributed by atoms with E-state index in [4.69, 9.17) is 0 Å². The van der Waals surface area contributed by atoms with Gasteiger partial charge in [-0.05, 0) is 18.6 Å². The minimum Gasteiger partial charge on any atom is -0.238 e. The molecule has 14 heavy (non-hydrogen) atoms. The van der Waals surface area contributed by atoms with Crippen molar-refractivity contribution in [1.29, 1.82) is 0 Å². The minimum absolute atomic E-state index is 0.175. The van der Waals surface area contributed by atoms with Crippen LogP contribution in [0.25, 0.3) is 10.2 Å². The van der Waals surface area contributed by atoms with Crippen molar-refractivity contribution >= 4 is 21.6 Å². The zero-order chi connectivity index (χ0) is 10.3. The molecule has 0 N–H and O–H groups in total. The fourth-order valence-corrected chi connectivity index (χ4v) is 2.29. The summed E-state index contributed by atoms with van der Waals surface area (Å²) >= 11 is 1.58. The van der Waals surface area contributed by atoms with Gasteiger partial charge in [0, 0.05) is 5.92 Å². The molecule has 2 aromatic rings. The van der Waals surface area contributed by atoms with Crippen LogP contribution in [0.5, 0.6) is 0 Å². The Morgan fingerprint density at radius 2 is 2.07 bits per heavy atom. The highest BCUT2D eigenvalue weighted by molar-refractivity contribution is 7.18. The average molecular weight is 209 g/mol. The lowest BCUT2D eigenvalue weighted by molar-refractivity contribution is 0.627. The van der Waals surface area contributed by atoms with Gasteiger partial charge in [0.2, 0.25) is 0 Å². The monoisotopic (exact) mass is 209 g/mol. The Hall–Kier alpha value is -0.960. The van der Waals surface area contributed by atoms with Crippen molar-refractivity contribution in [3.63, 3.8) is 0 Å². The number of rotatable bonds is 1. The van der Waals surface area contributed by atoms with E-state index in [2.05, 4.69) is 18.8 Å².